The van der Waals surface area contributed by atoms with Crippen molar-refractivity contribution in [3.8, 4) is 0 Å². The fourth-order valence-corrected chi connectivity index (χ4v) is 9.44. The predicted octanol–water partition coefficient (Wildman–Crippen LogP) is 19.2. The number of aliphatic hydroxyl groups excluding tert-OH is 2. The number of hydrogen-bond acceptors (Lipinski definition) is 5. The van der Waals surface area contributed by atoms with E-state index in [1.165, 1.54) is 244 Å². The molecule has 0 aliphatic heterocycles. The molecule has 69 heavy (non-hydrogen) atoms. The zero-order valence-corrected chi connectivity index (χ0v) is 46.3. The quantitative estimate of drug-likeness (QED) is 0.0321. The van der Waals surface area contributed by atoms with Crippen molar-refractivity contribution in [3.63, 3.8) is 0 Å². The molecule has 0 radical (unpaired) electrons. The molecule has 6 nitrogen and oxygen atoms in total. The first-order chi connectivity index (χ1) is 34.0. The lowest BCUT2D eigenvalue weighted by molar-refractivity contribution is -0.143. The van der Waals surface area contributed by atoms with Gasteiger partial charge in [0.2, 0.25) is 5.91 Å². The van der Waals surface area contributed by atoms with Crippen molar-refractivity contribution in [1.29, 1.82) is 0 Å². The first-order valence-corrected chi connectivity index (χ1v) is 30.7. The molecule has 0 bridgehead atoms. The summed E-state index contributed by atoms with van der Waals surface area (Å²) < 4.78 is 5.47. The number of unbranched alkanes of at least 4 members (excludes halogenated alkanes) is 40. The Morgan fingerprint density at radius 3 is 1.17 bits per heavy atom. The van der Waals surface area contributed by atoms with Gasteiger partial charge >= 0.3 is 5.97 Å². The first kappa shape index (κ1) is 67.1. The van der Waals surface area contributed by atoms with Crippen molar-refractivity contribution in [1.82, 2.24) is 5.32 Å². The van der Waals surface area contributed by atoms with Gasteiger partial charge < -0.3 is 20.3 Å². The largest absolute Gasteiger partial charge is 0.466 e. The van der Waals surface area contributed by atoms with E-state index in [-0.39, 0.29) is 18.5 Å². The van der Waals surface area contributed by atoms with E-state index in [0.29, 0.717) is 25.9 Å². The second-order valence-electron chi connectivity index (χ2n) is 21.0. The van der Waals surface area contributed by atoms with Gasteiger partial charge in [-0.1, -0.05) is 275 Å². The first-order valence-electron chi connectivity index (χ1n) is 30.7. The van der Waals surface area contributed by atoms with E-state index < -0.39 is 12.1 Å². The van der Waals surface area contributed by atoms with Crippen LogP contribution in [0.25, 0.3) is 0 Å². The second kappa shape index (κ2) is 58.6. The van der Waals surface area contributed by atoms with Gasteiger partial charge in [-0.3, -0.25) is 9.59 Å². The van der Waals surface area contributed by atoms with Gasteiger partial charge in [-0.15, -0.1) is 0 Å². The highest BCUT2D eigenvalue weighted by Crippen LogP contribution is 2.17. The number of hydrogen-bond donors (Lipinski definition) is 3. The summed E-state index contributed by atoms with van der Waals surface area (Å²) >= 11 is 0. The van der Waals surface area contributed by atoms with E-state index >= 15 is 0 Å². The van der Waals surface area contributed by atoms with Crippen molar-refractivity contribution in [2.45, 2.75) is 341 Å². The molecule has 0 saturated carbocycles. The Hall–Kier alpha value is -1.92. The van der Waals surface area contributed by atoms with Crippen molar-refractivity contribution >= 4 is 11.9 Å². The van der Waals surface area contributed by atoms with Gasteiger partial charge in [0.05, 0.1) is 25.4 Å². The maximum absolute atomic E-state index is 12.4. The minimum atomic E-state index is -0.663. The van der Waals surface area contributed by atoms with Crippen molar-refractivity contribution in [3.05, 3.63) is 36.5 Å². The number of allylic oxidation sites excluding steroid dienone is 6. The average Bonchev–Trinajstić information content (AvgIpc) is 3.35. The Morgan fingerprint density at radius 2 is 0.754 bits per heavy atom. The van der Waals surface area contributed by atoms with Crippen LogP contribution in [0, 0.1) is 0 Å². The summed E-state index contributed by atoms with van der Waals surface area (Å²) in [5.41, 5.74) is 0. The van der Waals surface area contributed by atoms with Gasteiger partial charge in [0, 0.05) is 12.8 Å². The lowest BCUT2D eigenvalue weighted by atomic mass is 10.0. The number of amides is 1. The summed E-state index contributed by atoms with van der Waals surface area (Å²) in [4.78, 5) is 24.5. The molecule has 2 atom stereocenters. The van der Waals surface area contributed by atoms with Crippen LogP contribution in [0.1, 0.15) is 328 Å². The van der Waals surface area contributed by atoms with Gasteiger partial charge in [0.25, 0.3) is 0 Å². The van der Waals surface area contributed by atoms with E-state index in [1.807, 2.05) is 0 Å². The molecule has 0 spiro atoms. The summed E-state index contributed by atoms with van der Waals surface area (Å²) in [7, 11) is 0. The van der Waals surface area contributed by atoms with Gasteiger partial charge in [0.1, 0.15) is 0 Å². The van der Waals surface area contributed by atoms with Crippen LogP contribution in [-0.4, -0.2) is 47.4 Å². The topological polar surface area (TPSA) is 95.9 Å². The van der Waals surface area contributed by atoms with Gasteiger partial charge in [-0.25, -0.2) is 0 Å². The number of esters is 1. The number of ether oxygens (including phenoxy) is 1. The van der Waals surface area contributed by atoms with Crippen molar-refractivity contribution < 1.29 is 24.5 Å². The van der Waals surface area contributed by atoms with E-state index in [2.05, 4.69) is 55.6 Å². The molecule has 0 rings (SSSR count). The lowest BCUT2D eigenvalue weighted by Crippen LogP contribution is -2.45. The van der Waals surface area contributed by atoms with E-state index in [0.717, 1.165) is 51.4 Å². The average molecular weight is 971 g/mol. The Kier molecular flexibility index (Phi) is 57.0. The predicted molar refractivity (Wildman–Crippen MR) is 301 cm³/mol. The Labute approximate surface area is 430 Å². The fraction of sp³-hybridized carbons (Fsp3) is 0.873. The Morgan fingerprint density at radius 1 is 0.406 bits per heavy atom. The van der Waals surface area contributed by atoms with Crippen LogP contribution in [0.2, 0.25) is 0 Å². The molecule has 406 valence electrons. The third kappa shape index (κ3) is 55.2. The van der Waals surface area contributed by atoms with Crippen LogP contribution in [-0.2, 0) is 14.3 Å². The summed E-state index contributed by atoms with van der Waals surface area (Å²) in [5, 5.41) is 23.2. The maximum atomic E-state index is 12.4. The summed E-state index contributed by atoms with van der Waals surface area (Å²) in [6, 6.07) is -0.540. The van der Waals surface area contributed by atoms with E-state index in [9.17, 15) is 19.8 Å². The maximum Gasteiger partial charge on any atom is 0.305 e. The van der Waals surface area contributed by atoms with Crippen LogP contribution in [0.3, 0.4) is 0 Å². The molecule has 3 N–H and O–H groups in total. The monoisotopic (exact) mass is 970 g/mol. The lowest BCUT2D eigenvalue weighted by Gasteiger charge is -2.22. The van der Waals surface area contributed by atoms with Crippen LogP contribution in [0.15, 0.2) is 36.5 Å². The number of carbonyl (C=O) groups is 2. The molecule has 6 heteroatoms. The van der Waals surface area contributed by atoms with E-state index in [4.69, 9.17) is 4.74 Å². The third-order valence-electron chi connectivity index (χ3n) is 14.1. The Bertz CT molecular complexity index is 1120. The van der Waals surface area contributed by atoms with Crippen LogP contribution in [0.4, 0.5) is 0 Å². The Balaban J connectivity index is 3.36. The number of carbonyl (C=O) groups excluding carboxylic acids is 2. The molecular weight excluding hydrogens is 851 g/mol. The highest BCUT2D eigenvalue weighted by atomic mass is 16.5. The summed E-state index contributed by atoms with van der Waals surface area (Å²) in [6.07, 6.45) is 73.1. The molecule has 0 aromatic carbocycles. The van der Waals surface area contributed by atoms with Crippen LogP contribution >= 0.6 is 0 Å². The molecule has 0 fully saturated rings. The summed E-state index contributed by atoms with van der Waals surface area (Å²) in [5.74, 6) is -0.0352. The number of rotatable bonds is 57. The molecule has 0 saturated heterocycles. The fourth-order valence-electron chi connectivity index (χ4n) is 9.44. The SMILES string of the molecule is CCC/C=C\C/C=C\CCCCCCCC(=O)OCCCCCCCCCCCCCC/C=C\CCCCCCCCCCCCCCC(=O)NC(CO)C(O)CCCCCCCCCCCCC. The molecular formula is C63H119NO5. The van der Waals surface area contributed by atoms with Gasteiger partial charge in [0.15, 0.2) is 0 Å². The number of nitrogens with one attached hydrogen (secondary N) is 1. The smallest absolute Gasteiger partial charge is 0.305 e. The molecule has 0 aromatic rings. The van der Waals surface area contributed by atoms with Crippen molar-refractivity contribution in [2.24, 2.45) is 0 Å². The molecule has 0 aromatic heterocycles. The third-order valence-corrected chi connectivity index (χ3v) is 14.1. The van der Waals surface area contributed by atoms with E-state index in [1.54, 1.807) is 0 Å². The molecule has 0 aliphatic rings. The van der Waals surface area contributed by atoms with Crippen LogP contribution in [0.5, 0.6) is 0 Å². The second-order valence-corrected chi connectivity index (χ2v) is 21.0. The normalized spacial score (nSPS) is 12.8. The highest BCUT2D eigenvalue weighted by Gasteiger charge is 2.20. The zero-order valence-electron chi connectivity index (χ0n) is 46.3. The highest BCUT2D eigenvalue weighted by molar-refractivity contribution is 5.76. The minimum absolute atomic E-state index is 0.000239. The van der Waals surface area contributed by atoms with Crippen molar-refractivity contribution in [2.75, 3.05) is 13.2 Å². The molecule has 1 amide bonds. The molecule has 2 unspecified atom stereocenters. The minimum Gasteiger partial charge on any atom is -0.466 e. The zero-order chi connectivity index (χ0) is 50.0. The summed E-state index contributed by atoms with van der Waals surface area (Å²) in [6.45, 7) is 4.88. The van der Waals surface area contributed by atoms with Gasteiger partial charge in [-0.05, 0) is 77.0 Å². The van der Waals surface area contributed by atoms with Gasteiger partial charge in [-0.2, -0.15) is 0 Å². The molecule has 0 heterocycles. The molecule has 0 aliphatic carbocycles. The standard InChI is InChI=1S/C63H119NO5/c1-3-5-7-9-11-13-15-32-37-41-45-49-53-57-63(68)69-58-54-50-46-42-38-34-31-29-27-25-23-21-19-17-16-18-20-22-24-26-28-30-33-36-40-44-48-52-56-62(67)64-60(59-65)61(66)55-51-47-43-39-35-14-12-10-8-6-4-2/h7,9,13,15-17,60-61,65-66H,3-6,8,10-12,14,18-59H2,1-2H3,(H,64,67)/b9-7-,15-13-,17-16-. The number of aliphatic hydroxyl groups is 2. The van der Waals surface area contributed by atoms with Crippen LogP contribution < -0.4 is 5.32 Å².